The minimum absolute atomic E-state index is 0. The van der Waals surface area contributed by atoms with Crippen molar-refractivity contribution < 1.29 is 10.2 Å². The third kappa shape index (κ3) is 11.7. The molecule has 0 rings (SSSR count). The Morgan fingerprint density at radius 1 is 1.09 bits per heavy atom. The van der Waals surface area contributed by atoms with Crippen LogP contribution in [0.3, 0.4) is 0 Å². The van der Waals surface area contributed by atoms with Crippen molar-refractivity contribution in [2.75, 3.05) is 39.4 Å². The highest BCUT2D eigenvalue weighted by Crippen LogP contribution is 2.20. The Hall–Kier alpha value is -2.13. The van der Waals surface area contributed by atoms with Crippen LogP contribution in [-0.4, -0.2) is 54.5 Å². The molecule has 0 bridgehead atoms. The number of aliphatic hydroxyl groups is 2. The molecule has 0 fully saturated rings. The zero-order chi connectivity index (χ0) is 16.6. The van der Waals surface area contributed by atoms with Crippen LogP contribution in [0.1, 0.15) is 20.8 Å². The third-order valence-electron chi connectivity index (χ3n) is 2.83. The van der Waals surface area contributed by atoms with Gasteiger partial charge in [-0.25, -0.2) is 0 Å². The van der Waals surface area contributed by atoms with Gasteiger partial charge in [-0.2, -0.15) is 0 Å². The zero-order valence-electron chi connectivity index (χ0n) is 12.4. The third-order valence-corrected chi connectivity index (χ3v) is 2.83. The molecule has 22 heavy (non-hydrogen) atoms. The Labute approximate surface area is 134 Å². The number of terminal acetylenes is 3. The summed E-state index contributed by atoms with van der Waals surface area (Å²) in [5.74, 6) is 7.42. The van der Waals surface area contributed by atoms with Crippen LogP contribution in [-0.2, 0) is 0 Å². The van der Waals surface area contributed by atoms with E-state index in [1.165, 1.54) is 0 Å². The number of nitrogens with zero attached hydrogens (tertiary/aromatic N) is 4. The molecule has 0 aliphatic carbocycles. The predicted octanol–water partition coefficient (Wildman–Crippen LogP) is 1.50. The molecule has 0 aliphatic rings. The van der Waals surface area contributed by atoms with Crippen LogP contribution in [0.5, 0.6) is 0 Å². The number of hydrogen-bond donors (Lipinski definition) is 2. The lowest BCUT2D eigenvalue weighted by atomic mass is 9.87. The molecular formula is C16H26N4O2. The Morgan fingerprint density at radius 3 is 1.73 bits per heavy atom. The van der Waals surface area contributed by atoms with Crippen molar-refractivity contribution in [3.8, 4) is 37.0 Å². The predicted molar refractivity (Wildman–Crippen MR) is 90.6 cm³/mol. The van der Waals surface area contributed by atoms with Crippen LogP contribution in [0.15, 0.2) is 5.11 Å². The highest BCUT2D eigenvalue weighted by molar-refractivity contribution is 4.99. The van der Waals surface area contributed by atoms with Gasteiger partial charge in [0, 0.05) is 16.9 Å². The van der Waals surface area contributed by atoms with E-state index in [9.17, 15) is 0 Å². The van der Waals surface area contributed by atoms with Gasteiger partial charge in [0.25, 0.3) is 0 Å². The molecule has 122 valence electrons. The second-order valence-corrected chi connectivity index (χ2v) is 4.32. The van der Waals surface area contributed by atoms with E-state index >= 15 is 0 Å². The molecule has 0 saturated carbocycles. The number of azide groups is 1. The summed E-state index contributed by atoms with van der Waals surface area (Å²) < 4.78 is 0. The van der Waals surface area contributed by atoms with Crippen molar-refractivity contribution in [3.63, 3.8) is 0 Å². The second-order valence-electron chi connectivity index (χ2n) is 4.32. The molecule has 0 saturated heterocycles. The van der Waals surface area contributed by atoms with Crippen LogP contribution in [0, 0.1) is 42.4 Å². The van der Waals surface area contributed by atoms with E-state index in [0.29, 0.717) is 26.1 Å². The molecule has 0 radical (unpaired) electrons. The van der Waals surface area contributed by atoms with Gasteiger partial charge in [0.15, 0.2) is 0 Å². The smallest absolute Gasteiger partial charge is 0.0616 e. The Bertz CT molecular complexity index is 386. The van der Waals surface area contributed by atoms with Crippen LogP contribution < -0.4 is 0 Å². The molecular weight excluding hydrogens is 280 g/mol. The standard InChI is InChI=1S/C9H9N.C6H13N3O2.CH4/c1-4-7-10(8-5-2)9-6-3;1-2-6(4-10,5-11)3-8-9-7;/h1-3H,7-9H2;10-11H,2-5H2,1H3;1H4. The maximum atomic E-state index is 8.86. The molecule has 0 aromatic rings. The highest BCUT2D eigenvalue weighted by Gasteiger charge is 2.25. The van der Waals surface area contributed by atoms with Crippen molar-refractivity contribution >= 4 is 0 Å². The van der Waals surface area contributed by atoms with Crippen molar-refractivity contribution in [3.05, 3.63) is 10.4 Å². The summed E-state index contributed by atoms with van der Waals surface area (Å²) in [5.41, 5.74) is 7.38. The first-order chi connectivity index (χ1) is 10.1. The first-order valence-corrected chi connectivity index (χ1v) is 6.35. The molecule has 6 heteroatoms. The summed E-state index contributed by atoms with van der Waals surface area (Å²) in [6.45, 7) is 3.24. The molecule has 0 aliphatic heterocycles. The van der Waals surface area contributed by atoms with Gasteiger partial charge in [0.05, 0.1) is 32.8 Å². The second kappa shape index (κ2) is 16.9. The summed E-state index contributed by atoms with van der Waals surface area (Å²) in [4.78, 5) is 4.40. The summed E-state index contributed by atoms with van der Waals surface area (Å²) in [7, 11) is 0. The highest BCUT2D eigenvalue weighted by atomic mass is 16.3. The van der Waals surface area contributed by atoms with Gasteiger partial charge < -0.3 is 10.2 Å². The van der Waals surface area contributed by atoms with Crippen LogP contribution in [0.4, 0.5) is 0 Å². The van der Waals surface area contributed by atoms with Gasteiger partial charge >= 0.3 is 0 Å². The van der Waals surface area contributed by atoms with E-state index in [4.69, 9.17) is 35.0 Å². The molecule has 0 spiro atoms. The summed E-state index contributed by atoms with van der Waals surface area (Å²) in [6.07, 6.45) is 15.8. The SMILES string of the molecule is C.C#CCN(CC#C)CC#C.CCC(CO)(CO)CN=[N+]=[N-]. The van der Waals surface area contributed by atoms with Crippen LogP contribution in [0.25, 0.3) is 10.4 Å². The first-order valence-electron chi connectivity index (χ1n) is 6.35. The first kappa shape index (κ1) is 24.9. The zero-order valence-corrected chi connectivity index (χ0v) is 12.4. The minimum Gasteiger partial charge on any atom is -0.396 e. The molecule has 0 aromatic carbocycles. The lowest BCUT2D eigenvalue weighted by Gasteiger charge is -2.25. The lowest BCUT2D eigenvalue weighted by molar-refractivity contribution is 0.0586. The van der Waals surface area contributed by atoms with Crippen molar-refractivity contribution in [2.45, 2.75) is 20.8 Å². The van der Waals surface area contributed by atoms with Gasteiger partial charge in [-0.3, -0.25) is 4.90 Å². The van der Waals surface area contributed by atoms with Crippen LogP contribution >= 0.6 is 0 Å². The quantitative estimate of drug-likeness (QED) is 0.308. The van der Waals surface area contributed by atoms with Crippen LogP contribution in [0.2, 0.25) is 0 Å². The minimum atomic E-state index is -0.633. The molecule has 0 unspecified atom stereocenters. The van der Waals surface area contributed by atoms with Gasteiger partial charge in [-0.1, -0.05) is 37.2 Å². The van der Waals surface area contributed by atoms with Crippen molar-refractivity contribution in [1.82, 2.24) is 4.90 Å². The maximum Gasteiger partial charge on any atom is 0.0616 e. The average molecular weight is 306 g/mol. The Balaban J connectivity index is -0.000000315. The molecule has 0 aromatic heterocycles. The number of rotatable bonds is 8. The molecule has 0 heterocycles. The van der Waals surface area contributed by atoms with Gasteiger partial charge in [0.1, 0.15) is 0 Å². The van der Waals surface area contributed by atoms with Gasteiger partial charge in [-0.05, 0) is 12.0 Å². The van der Waals surface area contributed by atoms with Crippen molar-refractivity contribution in [2.24, 2.45) is 10.5 Å². The number of hydrogen-bond acceptors (Lipinski definition) is 4. The fourth-order valence-electron chi connectivity index (χ4n) is 1.22. The van der Waals surface area contributed by atoms with E-state index < -0.39 is 5.41 Å². The summed E-state index contributed by atoms with van der Waals surface area (Å²) >= 11 is 0. The van der Waals surface area contributed by atoms with E-state index in [-0.39, 0.29) is 27.2 Å². The normalized spacial score (nSPS) is 8.95. The Morgan fingerprint density at radius 2 is 1.50 bits per heavy atom. The topological polar surface area (TPSA) is 92.5 Å². The Kier molecular flexibility index (Phi) is 19.1. The molecule has 0 amide bonds. The largest absolute Gasteiger partial charge is 0.396 e. The fraction of sp³-hybridized carbons (Fsp3) is 0.625. The average Bonchev–Trinajstić information content (AvgIpc) is 2.51. The van der Waals surface area contributed by atoms with E-state index in [1.54, 1.807) is 0 Å². The van der Waals surface area contributed by atoms with Gasteiger partial charge in [0.2, 0.25) is 0 Å². The molecule has 6 nitrogen and oxygen atoms in total. The molecule has 0 atom stereocenters. The summed E-state index contributed by atoms with van der Waals surface area (Å²) in [5, 5.41) is 21.0. The van der Waals surface area contributed by atoms with Gasteiger partial charge in [-0.15, -0.1) is 19.3 Å². The molecule has 2 N–H and O–H groups in total. The van der Waals surface area contributed by atoms with E-state index in [2.05, 4.69) is 27.8 Å². The van der Waals surface area contributed by atoms with Crippen molar-refractivity contribution in [1.29, 1.82) is 0 Å². The maximum absolute atomic E-state index is 8.86. The van der Waals surface area contributed by atoms with E-state index in [1.807, 2.05) is 11.8 Å². The monoisotopic (exact) mass is 306 g/mol. The van der Waals surface area contributed by atoms with E-state index in [0.717, 1.165) is 0 Å². The summed E-state index contributed by atoms with van der Waals surface area (Å²) in [6, 6.07) is 0. The number of aliphatic hydroxyl groups excluding tert-OH is 2. The lowest BCUT2D eigenvalue weighted by Crippen LogP contribution is -2.32. The fourth-order valence-corrected chi connectivity index (χ4v) is 1.22.